The summed E-state index contributed by atoms with van der Waals surface area (Å²) >= 11 is 0. The first-order valence-corrected chi connectivity index (χ1v) is 6.16. The van der Waals surface area contributed by atoms with Crippen molar-refractivity contribution < 1.29 is 14.0 Å². The molecule has 0 saturated heterocycles. The molecule has 0 amide bonds. The van der Waals surface area contributed by atoms with Crippen LogP contribution in [-0.2, 0) is 14.0 Å². The molecule has 0 N–H and O–H groups in total. The van der Waals surface area contributed by atoms with Gasteiger partial charge in [0.2, 0.25) is 0 Å². The standard InChI is InChI=1S/C6H14O3Si/c1-6(7)8-4-5-9-10(2)3/h10H,4-5H2,1-3H3. The minimum absolute atomic E-state index is 0.242. The second-order valence-corrected chi connectivity index (χ2v) is 4.69. The SMILES string of the molecule is CC(=O)OCCO[SiH](C)C. The first kappa shape index (κ1) is 9.65. The van der Waals surface area contributed by atoms with E-state index in [9.17, 15) is 4.79 Å². The van der Waals surface area contributed by atoms with Gasteiger partial charge in [-0.2, -0.15) is 0 Å². The van der Waals surface area contributed by atoms with Gasteiger partial charge in [0.05, 0.1) is 6.61 Å². The van der Waals surface area contributed by atoms with E-state index in [2.05, 4.69) is 17.8 Å². The number of rotatable bonds is 4. The van der Waals surface area contributed by atoms with E-state index in [1.807, 2.05) is 0 Å². The van der Waals surface area contributed by atoms with Crippen LogP contribution in [0.3, 0.4) is 0 Å². The van der Waals surface area contributed by atoms with Gasteiger partial charge in [-0.1, -0.05) is 0 Å². The summed E-state index contributed by atoms with van der Waals surface area (Å²) in [6.07, 6.45) is 0. The maximum absolute atomic E-state index is 10.2. The fourth-order valence-electron chi connectivity index (χ4n) is 0.469. The zero-order chi connectivity index (χ0) is 7.98. The quantitative estimate of drug-likeness (QED) is 0.344. The second kappa shape index (κ2) is 5.43. The fourth-order valence-corrected chi connectivity index (χ4v) is 1.04. The number of carbonyl (C=O) groups is 1. The van der Waals surface area contributed by atoms with Crippen molar-refractivity contribution >= 4 is 15.0 Å². The van der Waals surface area contributed by atoms with E-state index in [1.54, 1.807) is 0 Å². The van der Waals surface area contributed by atoms with Crippen LogP contribution in [0.25, 0.3) is 0 Å². The Hall–Kier alpha value is -0.353. The molecular formula is C6H14O3Si. The zero-order valence-electron chi connectivity index (χ0n) is 6.72. The molecule has 0 heterocycles. The minimum atomic E-state index is -0.925. The van der Waals surface area contributed by atoms with Crippen LogP contribution in [0.15, 0.2) is 0 Å². The molecule has 0 aromatic heterocycles. The Balaban J connectivity index is 2.98. The van der Waals surface area contributed by atoms with E-state index >= 15 is 0 Å². The molecule has 0 aliphatic rings. The molecule has 4 heteroatoms. The lowest BCUT2D eigenvalue weighted by Gasteiger charge is -2.05. The Kier molecular flexibility index (Phi) is 5.24. The average molecular weight is 162 g/mol. The molecule has 0 bridgehead atoms. The van der Waals surface area contributed by atoms with E-state index in [0.29, 0.717) is 13.2 Å². The van der Waals surface area contributed by atoms with E-state index in [1.165, 1.54) is 6.92 Å². The molecule has 3 nitrogen and oxygen atoms in total. The molecular weight excluding hydrogens is 148 g/mol. The van der Waals surface area contributed by atoms with Crippen LogP contribution in [-0.4, -0.2) is 28.2 Å². The molecule has 10 heavy (non-hydrogen) atoms. The third-order valence-corrected chi connectivity index (χ3v) is 1.74. The van der Waals surface area contributed by atoms with Gasteiger partial charge in [0.15, 0.2) is 9.04 Å². The van der Waals surface area contributed by atoms with Gasteiger partial charge in [0.1, 0.15) is 6.61 Å². The van der Waals surface area contributed by atoms with Crippen LogP contribution in [0, 0.1) is 0 Å². The van der Waals surface area contributed by atoms with Crippen molar-refractivity contribution in [1.82, 2.24) is 0 Å². The maximum atomic E-state index is 10.2. The van der Waals surface area contributed by atoms with Crippen LogP contribution in [0.1, 0.15) is 6.92 Å². The molecule has 0 atom stereocenters. The topological polar surface area (TPSA) is 35.5 Å². The highest BCUT2D eigenvalue weighted by molar-refractivity contribution is 6.48. The largest absolute Gasteiger partial charge is 0.463 e. The van der Waals surface area contributed by atoms with E-state index in [4.69, 9.17) is 4.43 Å². The summed E-state index contributed by atoms with van der Waals surface area (Å²) in [6.45, 7) is 6.48. The average Bonchev–Trinajstić information content (AvgIpc) is 1.79. The Bertz CT molecular complexity index is 103. The predicted octanol–water partition coefficient (Wildman–Crippen LogP) is 0.549. The number of carbonyl (C=O) groups excluding carboxylic acids is 1. The lowest BCUT2D eigenvalue weighted by atomic mass is 10.7. The zero-order valence-corrected chi connectivity index (χ0v) is 7.87. The third-order valence-electron chi connectivity index (χ3n) is 0.840. The van der Waals surface area contributed by atoms with Gasteiger partial charge in [-0.05, 0) is 13.1 Å². The van der Waals surface area contributed by atoms with Gasteiger partial charge in [-0.25, -0.2) is 0 Å². The molecule has 0 rings (SSSR count). The van der Waals surface area contributed by atoms with Gasteiger partial charge in [0, 0.05) is 6.92 Å². The summed E-state index contributed by atoms with van der Waals surface area (Å²) in [5.41, 5.74) is 0. The summed E-state index contributed by atoms with van der Waals surface area (Å²) in [5.74, 6) is -0.242. The van der Waals surface area contributed by atoms with Crippen LogP contribution in [0.5, 0.6) is 0 Å². The molecule has 0 aromatic rings. The molecule has 0 spiro atoms. The Morgan fingerprint density at radius 2 is 2.00 bits per heavy atom. The van der Waals surface area contributed by atoms with Gasteiger partial charge >= 0.3 is 5.97 Å². The second-order valence-electron chi connectivity index (χ2n) is 2.26. The molecule has 0 radical (unpaired) electrons. The summed E-state index contributed by atoms with van der Waals surface area (Å²) < 4.78 is 9.90. The van der Waals surface area contributed by atoms with Gasteiger partial charge in [-0.15, -0.1) is 0 Å². The molecule has 0 unspecified atom stereocenters. The van der Waals surface area contributed by atoms with E-state index in [0.717, 1.165) is 0 Å². The van der Waals surface area contributed by atoms with Crippen molar-refractivity contribution in [2.45, 2.75) is 20.0 Å². The highest BCUT2D eigenvalue weighted by Crippen LogP contribution is 1.84. The summed E-state index contributed by atoms with van der Waals surface area (Å²) in [4.78, 5) is 10.2. The summed E-state index contributed by atoms with van der Waals surface area (Å²) in [5, 5.41) is 0. The maximum Gasteiger partial charge on any atom is 0.302 e. The molecule has 0 aliphatic heterocycles. The minimum Gasteiger partial charge on any atom is -0.463 e. The van der Waals surface area contributed by atoms with Gasteiger partial charge in [-0.3, -0.25) is 4.79 Å². The fraction of sp³-hybridized carbons (Fsp3) is 0.833. The van der Waals surface area contributed by atoms with Crippen molar-refractivity contribution in [2.24, 2.45) is 0 Å². The number of hydrogen-bond acceptors (Lipinski definition) is 3. The number of hydrogen-bond donors (Lipinski definition) is 0. The lowest BCUT2D eigenvalue weighted by Crippen LogP contribution is -2.14. The van der Waals surface area contributed by atoms with Gasteiger partial charge < -0.3 is 9.16 Å². The van der Waals surface area contributed by atoms with Crippen LogP contribution < -0.4 is 0 Å². The van der Waals surface area contributed by atoms with Crippen molar-refractivity contribution in [2.75, 3.05) is 13.2 Å². The normalized spacial score (nSPS) is 10.0. The number of ether oxygens (including phenoxy) is 1. The predicted molar refractivity (Wildman–Crippen MR) is 41.5 cm³/mol. The molecule has 60 valence electrons. The molecule has 0 aliphatic carbocycles. The smallest absolute Gasteiger partial charge is 0.302 e. The van der Waals surface area contributed by atoms with E-state index < -0.39 is 9.04 Å². The van der Waals surface area contributed by atoms with Crippen molar-refractivity contribution in [3.05, 3.63) is 0 Å². The first-order chi connectivity index (χ1) is 4.63. The van der Waals surface area contributed by atoms with E-state index in [-0.39, 0.29) is 5.97 Å². The highest BCUT2D eigenvalue weighted by Gasteiger charge is 1.95. The first-order valence-electron chi connectivity index (χ1n) is 3.38. The Labute approximate surface area is 63.1 Å². The summed E-state index contributed by atoms with van der Waals surface area (Å²) in [6, 6.07) is 0. The molecule has 0 fully saturated rings. The number of esters is 1. The van der Waals surface area contributed by atoms with Crippen molar-refractivity contribution in [3.8, 4) is 0 Å². The monoisotopic (exact) mass is 162 g/mol. The Morgan fingerprint density at radius 1 is 1.40 bits per heavy atom. The Morgan fingerprint density at radius 3 is 2.40 bits per heavy atom. The van der Waals surface area contributed by atoms with Crippen molar-refractivity contribution in [3.63, 3.8) is 0 Å². The molecule has 0 aromatic carbocycles. The van der Waals surface area contributed by atoms with Gasteiger partial charge in [0.25, 0.3) is 0 Å². The highest BCUT2D eigenvalue weighted by atomic mass is 28.3. The summed E-state index contributed by atoms with van der Waals surface area (Å²) in [7, 11) is -0.925. The van der Waals surface area contributed by atoms with Crippen LogP contribution in [0.4, 0.5) is 0 Å². The molecule has 0 saturated carbocycles. The third kappa shape index (κ3) is 7.65. The van der Waals surface area contributed by atoms with Crippen LogP contribution >= 0.6 is 0 Å². The van der Waals surface area contributed by atoms with Crippen molar-refractivity contribution in [1.29, 1.82) is 0 Å². The van der Waals surface area contributed by atoms with Crippen LogP contribution in [0.2, 0.25) is 13.1 Å². The lowest BCUT2D eigenvalue weighted by molar-refractivity contribution is -0.141.